The van der Waals surface area contributed by atoms with E-state index in [4.69, 9.17) is 9.47 Å². The summed E-state index contributed by atoms with van der Waals surface area (Å²) in [5.41, 5.74) is 2.42. The summed E-state index contributed by atoms with van der Waals surface area (Å²) in [7, 11) is 0. The van der Waals surface area contributed by atoms with E-state index in [0.717, 1.165) is 21.3 Å². The molecular formula is C32H34O4S4. The van der Waals surface area contributed by atoms with Gasteiger partial charge < -0.3 is 9.47 Å². The van der Waals surface area contributed by atoms with Crippen molar-refractivity contribution >= 4 is 59.0 Å². The Morgan fingerprint density at radius 1 is 0.775 bits per heavy atom. The normalized spacial score (nSPS) is 13.0. The number of hydrogen-bond donors (Lipinski definition) is 0. The van der Waals surface area contributed by atoms with Gasteiger partial charge in [0, 0.05) is 45.0 Å². The molecule has 0 N–H and O–H groups in total. The highest BCUT2D eigenvalue weighted by atomic mass is 32.2. The zero-order valence-electron chi connectivity index (χ0n) is 22.5. The molecule has 3 aromatic carbocycles. The number of thioether (sulfide) groups is 4. The van der Waals surface area contributed by atoms with Crippen molar-refractivity contribution in [2.75, 3.05) is 11.5 Å². The predicted octanol–water partition coefficient (Wildman–Crippen LogP) is 8.28. The molecule has 3 unspecified atom stereocenters. The number of ether oxygens (including phenoxy) is 2. The van der Waals surface area contributed by atoms with Gasteiger partial charge in [0.15, 0.2) is 0 Å². The van der Waals surface area contributed by atoms with Crippen molar-refractivity contribution in [1.29, 1.82) is 0 Å². The summed E-state index contributed by atoms with van der Waals surface area (Å²) in [6, 6.07) is 28.8. The Labute approximate surface area is 254 Å². The lowest BCUT2D eigenvalue weighted by molar-refractivity contribution is -0.142. The van der Waals surface area contributed by atoms with Crippen LogP contribution in [0.3, 0.4) is 0 Å². The summed E-state index contributed by atoms with van der Waals surface area (Å²) < 4.78 is 11.2. The van der Waals surface area contributed by atoms with E-state index in [1.54, 1.807) is 47.0 Å². The van der Waals surface area contributed by atoms with Crippen molar-refractivity contribution in [3.05, 3.63) is 121 Å². The molecule has 4 nitrogen and oxygen atoms in total. The second kappa shape index (κ2) is 18.0. The fourth-order valence-electron chi connectivity index (χ4n) is 3.52. The van der Waals surface area contributed by atoms with E-state index in [0.29, 0.717) is 11.5 Å². The lowest BCUT2D eigenvalue weighted by Crippen LogP contribution is -2.23. The van der Waals surface area contributed by atoms with Crippen LogP contribution in [0.5, 0.6) is 0 Å². The van der Waals surface area contributed by atoms with Gasteiger partial charge >= 0.3 is 11.9 Å². The number of hydrogen-bond acceptors (Lipinski definition) is 8. The molecule has 210 valence electrons. The largest absolute Gasteiger partial charge is 0.457 e. The molecule has 0 aromatic heterocycles. The van der Waals surface area contributed by atoms with Gasteiger partial charge in [-0.1, -0.05) is 73.8 Å². The Morgan fingerprint density at radius 2 is 1.38 bits per heavy atom. The van der Waals surface area contributed by atoms with Gasteiger partial charge in [0.2, 0.25) is 0 Å². The molecule has 8 heteroatoms. The van der Waals surface area contributed by atoms with Crippen molar-refractivity contribution in [3.8, 4) is 0 Å². The van der Waals surface area contributed by atoms with E-state index in [2.05, 4.69) is 61.7 Å². The molecule has 0 aliphatic carbocycles. The first kappa shape index (κ1) is 32.0. The first-order chi connectivity index (χ1) is 19.5. The molecule has 3 aromatic rings. The summed E-state index contributed by atoms with van der Waals surface area (Å²) in [6.45, 7) is 8.97. The van der Waals surface area contributed by atoms with E-state index in [-0.39, 0.29) is 16.8 Å². The number of esters is 2. The SMILES string of the molecule is C=CC(=O)OC(CSCc1cccc(CSC(Sc2ccccc2)C(C)OC(=O)C=C)c1)CSc1ccccc1. The molecular weight excluding hydrogens is 577 g/mol. The van der Waals surface area contributed by atoms with Crippen molar-refractivity contribution in [1.82, 2.24) is 0 Å². The Bertz CT molecular complexity index is 1220. The van der Waals surface area contributed by atoms with Crippen LogP contribution in [-0.4, -0.2) is 40.2 Å². The number of carbonyl (C=O) groups is 2. The first-order valence-corrected chi connectivity index (χ1v) is 16.9. The third kappa shape index (κ3) is 11.9. The average molecular weight is 611 g/mol. The summed E-state index contributed by atoms with van der Waals surface area (Å²) in [4.78, 5) is 26.0. The van der Waals surface area contributed by atoms with Crippen LogP contribution >= 0.6 is 47.0 Å². The standard InChI is InChI=1S/C32H34O4S4/c1-4-30(33)35-24(3)32(40-29-17-10-7-11-18-29)39-21-26-14-12-13-25(19-26)20-37-22-27(36-31(34)5-2)23-38-28-15-8-6-9-16-28/h4-19,24,27,32H,1-2,20-23H2,3H3. The highest BCUT2D eigenvalue weighted by Gasteiger charge is 2.22. The molecule has 0 aliphatic rings. The van der Waals surface area contributed by atoms with Gasteiger partial charge in [-0.05, 0) is 42.3 Å². The predicted molar refractivity (Wildman–Crippen MR) is 173 cm³/mol. The van der Waals surface area contributed by atoms with Crippen LogP contribution in [0.25, 0.3) is 0 Å². The van der Waals surface area contributed by atoms with Gasteiger partial charge in [-0.2, -0.15) is 11.8 Å². The van der Waals surface area contributed by atoms with Crippen LogP contribution in [0, 0.1) is 0 Å². The van der Waals surface area contributed by atoms with Crippen molar-refractivity contribution in [3.63, 3.8) is 0 Å². The van der Waals surface area contributed by atoms with Gasteiger partial charge in [-0.25, -0.2) is 9.59 Å². The third-order valence-corrected chi connectivity index (χ3v) is 10.8. The van der Waals surface area contributed by atoms with Crippen molar-refractivity contribution in [2.45, 2.75) is 45.0 Å². The van der Waals surface area contributed by atoms with Crippen LogP contribution in [0.2, 0.25) is 0 Å². The number of carbonyl (C=O) groups excluding carboxylic acids is 2. The Kier molecular flexibility index (Phi) is 14.4. The molecule has 0 radical (unpaired) electrons. The lowest BCUT2D eigenvalue weighted by Gasteiger charge is -2.23. The molecule has 3 atom stereocenters. The van der Waals surface area contributed by atoms with E-state index in [1.165, 1.54) is 23.3 Å². The first-order valence-electron chi connectivity index (χ1n) is 12.8. The maximum atomic E-state index is 11.9. The van der Waals surface area contributed by atoms with Crippen molar-refractivity contribution in [2.24, 2.45) is 0 Å². The third-order valence-electron chi connectivity index (χ3n) is 5.45. The van der Waals surface area contributed by atoms with Crippen LogP contribution in [0.1, 0.15) is 18.1 Å². The molecule has 0 aliphatic heterocycles. The van der Waals surface area contributed by atoms with Crippen LogP contribution in [0.4, 0.5) is 0 Å². The molecule has 0 fully saturated rings. The molecule has 0 heterocycles. The van der Waals surface area contributed by atoms with Crippen LogP contribution in [0.15, 0.2) is 120 Å². The minimum absolute atomic E-state index is 0.0201. The van der Waals surface area contributed by atoms with E-state index in [1.807, 2.05) is 43.3 Å². The highest BCUT2D eigenvalue weighted by Crippen LogP contribution is 2.36. The van der Waals surface area contributed by atoms with E-state index >= 15 is 0 Å². The molecule has 40 heavy (non-hydrogen) atoms. The van der Waals surface area contributed by atoms with Crippen molar-refractivity contribution < 1.29 is 19.1 Å². The quantitative estimate of drug-likeness (QED) is 0.0655. The Hall–Kier alpha value is -2.52. The topological polar surface area (TPSA) is 52.6 Å². The van der Waals surface area contributed by atoms with Crippen LogP contribution in [-0.2, 0) is 30.6 Å². The minimum atomic E-state index is -0.412. The van der Waals surface area contributed by atoms with E-state index < -0.39 is 11.9 Å². The summed E-state index contributed by atoms with van der Waals surface area (Å²) in [5.74, 6) is 2.17. The molecule has 0 saturated carbocycles. The Balaban J connectivity index is 1.56. The van der Waals surface area contributed by atoms with Gasteiger partial charge in [-0.3, -0.25) is 0 Å². The molecule has 0 bridgehead atoms. The fourth-order valence-corrected chi connectivity index (χ4v) is 8.06. The second-order valence-corrected chi connectivity index (χ2v) is 13.4. The summed E-state index contributed by atoms with van der Waals surface area (Å²) in [6.07, 6.45) is 1.92. The minimum Gasteiger partial charge on any atom is -0.457 e. The maximum absolute atomic E-state index is 11.9. The molecule has 0 amide bonds. The lowest BCUT2D eigenvalue weighted by atomic mass is 10.2. The number of benzene rings is 3. The van der Waals surface area contributed by atoms with Gasteiger partial charge in [0.05, 0.1) is 4.58 Å². The number of rotatable bonds is 17. The zero-order chi connectivity index (χ0) is 28.6. The smallest absolute Gasteiger partial charge is 0.330 e. The van der Waals surface area contributed by atoms with Gasteiger partial charge in [-0.15, -0.1) is 35.3 Å². The summed E-state index contributed by atoms with van der Waals surface area (Å²) >= 11 is 6.88. The second-order valence-electron chi connectivity index (χ2n) is 8.68. The Morgan fingerprint density at radius 3 is 2.02 bits per heavy atom. The zero-order valence-corrected chi connectivity index (χ0v) is 25.7. The molecule has 0 saturated heterocycles. The fraction of sp³-hybridized carbons (Fsp3) is 0.250. The molecule has 3 rings (SSSR count). The van der Waals surface area contributed by atoms with E-state index in [9.17, 15) is 9.59 Å². The monoisotopic (exact) mass is 610 g/mol. The highest BCUT2D eigenvalue weighted by molar-refractivity contribution is 8.16. The average Bonchev–Trinajstić information content (AvgIpc) is 2.99. The van der Waals surface area contributed by atoms with Gasteiger partial charge in [0.25, 0.3) is 0 Å². The molecule has 0 spiro atoms. The van der Waals surface area contributed by atoms with Crippen LogP contribution < -0.4 is 0 Å². The summed E-state index contributed by atoms with van der Waals surface area (Å²) in [5, 5.41) is 0. The maximum Gasteiger partial charge on any atom is 0.330 e. The van der Waals surface area contributed by atoms with Gasteiger partial charge in [0.1, 0.15) is 12.2 Å².